The number of hydrogen-bond donors (Lipinski definition) is 2. The van der Waals surface area contributed by atoms with Crippen LogP contribution in [0.15, 0.2) is 55.1 Å². The number of esters is 1. The molecule has 0 radical (unpaired) electrons. The highest BCUT2D eigenvalue weighted by Gasteiger charge is 2.59. The summed E-state index contributed by atoms with van der Waals surface area (Å²) in [4.78, 5) is 12.5. The van der Waals surface area contributed by atoms with Crippen LogP contribution in [0.2, 0.25) is 0 Å². The Kier molecular flexibility index (Phi) is 7.58. The monoisotopic (exact) mass is 452 g/mol. The number of fused-ring (bicyclic) bond motifs is 1. The summed E-state index contributed by atoms with van der Waals surface area (Å²) < 4.78 is 5.76. The Morgan fingerprint density at radius 3 is 2.55 bits per heavy atom. The van der Waals surface area contributed by atoms with E-state index in [1.807, 2.05) is 13.0 Å². The number of carbonyl (C=O) groups excluding carboxylic acids is 1. The predicted octanol–water partition coefficient (Wildman–Crippen LogP) is 6.44. The minimum atomic E-state index is -0.700. The fraction of sp³-hybridized carbons (Fsp3) is 0.552. The Labute approximate surface area is 199 Å². The molecule has 1 aromatic carbocycles. The van der Waals surface area contributed by atoms with Crippen molar-refractivity contribution in [3.05, 3.63) is 60.7 Å². The molecule has 2 fully saturated rings. The Bertz CT molecular complexity index is 897. The third kappa shape index (κ3) is 5.60. The predicted molar refractivity (Wildman–Crippen MR) is 134 cm³/mol. The van der Waals surface area contributed by atoms with Crippen molar-refractivity contribution in [2.24, 2.45) is 22.7 Å². The Hall–Kier alpha value is -2.33. The summed E-state index contributed by atoms with van der Waals surface area (Å²) in [6.07, 6.45) is 11.6. The third-order valence-corrected chi connectivity index (χ3v) is 8.48. The van der Waals surface area contributed by atoms with Gasteiger partial charge in [-0.1, -0.05) is 57.2 Å². The van der Waals surface area contributed by atoms with E-state index < -0.39 is 5.60 Å². The SMILES string of the molecule is C=CC(=C)CC[C@@H]1[C@@]2(C)CCC[C@@](C)(COC(=O)C=Cc3ccc(O)cc3)[C@H]2CC[C@@]1(C)O. The summed E-state index contributed by atoms with van der Waals surface area (Å²) in [6, 6.07) is 6.69. The van der Waals surface area contributed by atoms with Gasteiger partial charge in [0.25, 0.3) is 0 Å². The Morgan fingerprint density at radius 1 is 1.18 bits per heavy atom. The van der Waals surface area contributed by atoms with Crippen LogP contribution in [0.25, 0.3) is 6.08 Å². The molecule has 4 nitrogen and oxygen atoms in total. The van der Waals surface area contributed by atoms with Gasteiger partial charge >= 0.3 is 5.97 Å². The zero-order valence-electron chi connectivity index (χ0n) is 20.5. The molecule has 1 aromatic rings. The lowest BCUT2D eigenvalue weighted by Gasteiger charge is -2.61. The van der Waals surface area contributed by atoms with Crippen LogP contribution in [0, 0.1) is 22.7 Å². The molecule has 0 heterocycles. The van der Waals surface area contributed by atoms with Gasteiger partial charge in [0, 0.05) is 11.5 Å². The number of allylic oxidation sites excluding steroid dienone is 2. The van der Waals surface area contributed by atoms with E-state index in [-0.39, 0.29) is 28.5 Å². The molecule has 2 aliphatic rings. The summed E-state index contributed by atoms with van der Waals surface area (Å²) in [6.45, 7) is 14.9. The van der Waals surface area contributed by atoms with Gasteiger partial charge in [0.05, 0.1) is 12.2 Å². The molecule has 0 spiro atoms. The summed E-state index contributed by atoms with van der Waals surface area (Å²) in [5.74, 6) is 0.403. The second-order valence-corrected chi connectivity index (χ2v) is 10.9. The molecule has 2 aliphatic carbocycles. The first-order valence-corrected chi connectivity index (χ1v) is 12.2. The number of rotatable bonds is 8. The smallest absolute Gasteiger partial charge is 0.330 e. The van der Waals surface area contributed by atoms with Gasteiger partial charge in [0.15, 0.2) is 0 Å². The largest absolute Gasteiger partial charge is 0.508 e. The molecule has 180 valence electrons. The maximum atomic E-state index is 12.5. The number of phenols is 1. The lowest BCUT2D eigenvalue weighted by atomic mass is 9.45. The zero-order chi connectivity index (χ0) is 24.3. The number of aromatic hydroxyl groups is 1. The molecule has 4 heteroatoms. The minimum Gasteiger partial charge on any atom is -0.508 e. The Balaban J connectivity index is 1.71. The normalized spacial score (nSPS) is 33.9. The van der Waals surface area contributed by atoms with Crippen LogP contribution < -0.4 is 0 Å². The van der Waals surface area contributed by atoms with Crippen molar-refractivity contribution in [3.63, 3.8) is 0 Å². The topological polar surface area (TPSA) is 66.8 Å². The van der Waals surface area contributed by atoms with Crippen LogP contribution in [0.5, 0.6) is 5.75 Å². The molecule has 0 amide bonds. The van der Waals surface area contributed by atoms with Gasteiger partial charge in [-0.3, -0.25) is 0 Å². The second-order valence-electron chi connectivity index (χ2n) is 10.9. The van der Waals surface area contributed by atoms with Gasteiger partial charge in [-0.05, 0) is 86.5 Å². The van der Waals surface area contributed by atoms with Gasteiger partial charge in [0.2, 0.25) is 0 Å². The van der Waals surface area contributed by atoms with Gasteiger partial charge in [-0.25, -0.2) is 4.79 Å². The number of ether oxygens (including phenoxy) is 1. The average Bonchev–Trinajstić information content (AvgIpc) is 2.76. The minimum absolute atomic E-state index is 0.00944. The highest BCUT2D eigenvalue weighted by molar-refractivity contribution is 5.87. The van der Waals surface area contributed by atoms with Crippen LogP contribution >= 0.6 is 0 Å². The van der Waals surface area contributed by atoms with E-state index in [2.05, 4.69) is 27.0 Å². The number of carbonyl (C=O) groups is 1. The zero-order valence-corrected chi connectivity index (χ0v) is 20.5. The molecular weight excluding hydrogens is 412 g/mol. The molecule has 5 atom stereocenters. The van der Waals surface area contributed by atoms with Crippen molar-refractivity contribution in [2.75, 3.05) is 6.61 Å². The molecule has 33 heavy (non-hydrogen) atoms. The van der Waals surface area contributed by atoms with Crippen molar-refractivity contribution in [3.8, 4) is 5.75 Å². The molecule has 3 rings (SSSR count). The third-order valence-electron chi connectivity index (χ3n) is 8.48. The van der Waals surface area contributed by atoms with Gasteiger partial charge < -0.3 is 14.9 Å². The molecule has 0 aromatic heterocycles. The van der Waals surface area contributed by atoms with Crippen molar-refractivity contribution >= 4 is 12.0 Å². The maximum Gasteiger partial charge on any atom is 0.330 e. The quantitative estimate of drug-likeness (QED) is 0.270. The second kappa shape index (κ2) is 9.89. The molecule has 0 aliphatic heterocycles. The summed E-state index contributed by atoms with van der Waals surface area (Å²) >= 11 is 0. The van der Waals surface area contributed by atoms with Gasteiger partial charge in [-0.15, -0.1) is 0 Å². The first kappa shape index (κ1) is 25.3. The lowest BCUT2D eigenvalue weighted by molar-refractivity contribution is -0.185. The molecular formula is C29H40O4. The summed E-state index contributed by atoms with van der Waals surface area (Å²) in [5, 5.41) is 20.7. The van der Waals surface area contributed by atoms with Crippen LogP contribution in [-0.2, 0) is 9.53 Å². The lowest BCUT2D eigenvalue weighted by Crippen LogP contribution is -2.59. The number of hydrogen-bond acceptors (Lipinski definition) is 4. The number of aliphatic hydroxyl groups is 1. The van der Waals surface area contributed by atoms with E-state index in [1.54, 1.807) is 30.3 Å². The van der Waals surface area contributed by atoms with Crippen molar-refractivity contribution < 1.29 is 19.7 Å². The average molecular weight is 453 g/mol. The van der Waals surface area contributed by atoms with E-state index in [4.69, 9.17) is 4.74 Å². The van der Waals surface area contributed by atoms with Crippen molar-refractivity contribution in [1.82, 2.24) is 0 Å². The molecule has 0 bridgehead atoms. The van der Waals surface area contributed by atoms with Crippen molar-refractivity contribution in [2.45, 2.75) is 71.3 Å². The first-order valence-electron chi connectivity index (χ1n) is 12.2. The van der Waals surface area contributed by atoms with Gasteiger partial charge in [0.1, 0.15) is 5.75 Å². The van der Waals surface area contributed by atoms with E-state index in [9.17, 15) is 15.0 Å². The van der Waals surface area contributed by atoms with Crippen LogP contribution in [0.3, 0.4) is 0 Å². The molecule has 0 unspecified atom stereocenters. The fourth-order valence-corrected chi connectivity index (χ4v) is 6.71. The van der Waals surface area contributed by atoms with Crippen LogP contribution in [0.1, 0.15) is 71.3 Å². The molecule has 2 N–H and O–H groups in total. The molecule has 0 saturated heterocycles. The number of phenolic OH excluding ortho intramolecular Hbond substituents is 1. The van der Waals surface area contributed by atoms with Crippen LogP contribution in [-0.4, -0.2) is 28.4 Å². The van der Waals surface area contributed by atoms with E-state index in [0.29, 0.717) is 12.5 Å². The fourth-order valence-electron chi connectivity index (χ4n) is 6.71. The maximum absolute atomic E-state index is 12.5. The molecule has 2 saturated carbocycles. The van der Waals surface area contributed by atoms with E-state index in [1.165, 1.54) is 6.08 Å². The highest BCUT2D eigenvalue weighted by atomic mass is 16.5. The Morgan fingerprint density at radius 2 is 1.88 bits per heavy atom. The van der Waals surface area contributed by atoms with E-state index in [0.717, 1.165) is 56.1 Å². The van der Waals surface area contributed by atoms with Crippen molar-refractivity contribution in [1.29, 1.82) is 0 Å². The number of benzene rings is 1. The summed E-state index contributed by atoms with van der Waals surface area (Å²) in [5.41, 5.74) is 1.03. The van der Waals surface area contributed by atoms with E-state index >= 15 is 0 Å². The van der Waals surface area contributed by atoms with Crippen LogP contribution in [0.4, 0.5) is 0 Å². The summed E-state index contributed by atoms with van der Waals surface area (Å²) in [7, 11) is 0. The highest BCUT2D eigenvalue weighted by Crippen LogP contribution is 2.63. The first-order chi connectivity index (χ1) is 15.5. The standard InChI is InChI=1S/C29H40O4/c1-6-21(2)8-14-25-28(4)18-7-17-27(3,24(28)16-19-29(25,5)32)20-33-26(31)15-11-22-9-12-23(30)13-10-22/h6,9-13,15,24-25,30,32H,1-2,7-8,14,16-20H2,3-5H3/t24-,25-,27+,28+,29-/m1/s1. The van der Waals surface area contributed by atoms with Gasteiger partial charge in [-0.2, -0.15) is 0 Å².